The van der Waals surface area contributed by atoms with Crippen LogP contribution in [0.5, 0.6) is 5.75 Å². The molecule has 0 heterocycles. The van der Waals surface area contributed by atoms with Crippen LogP contribution in [0, 0.1) is 5.82 Å². The number of rotatable bonds is 4. The molecule has 0 radical (unpaired) electrons. The third kappa shape index (κ3) is 4.64. The van der Waals surface area contributed by atoms with E-state index in [1.807, 2.05) is 0 Å². The van der Waals surface area contributed by atoms with E-state index >= 15 is 0 Å². The van der Waals surface area contributed by atoms with Crippen molar-refractivity contribution < 1.29 is 17.9 Å². The fourth-order valence-corrected chi connectivity index (χ4v) is 1.85. The first-order valence-corrected chi connectivity index (χ1v) is 6.33. The Kier molecular flexibility index (Phi) is 4.99. The second kappa shape index (κ2) is 6.94. The zero-order valence-electron chi connectivity index (χ0n) is 10.6. The molecule has 0 aromatic heterocycles. The van der Waals surface area contributed by atoms with E-state index in [1.165, 1.54) is 30.3 Å². The summed E-state index contributed by atoms with van der Waals surface area (Å²) >= 11 is 5.05. The molecule has 2 aromatic rings. The summed E-state index contributed by atoms with van der Waals surface area (Å²) in [6, 6.07) is 11.8. The van der Waals surface area contributed by atoms with Gasteiger partial charge in [0, 0.05) is 5.69 Å². The molecule has 0 aliphatic heterocycles. The van der Waals surface area contributed by atoms with E-state index in [2.05, 4.69) is 15.4 Å². The van der Waals surface area contributed by atoms with Crippen LogP contribution in [-0.4, -0.2) is 11.7 Å². The van der Waals surface area contributed by atoms with E-state index in [-0.39, 0.29) is 16.5 Å². The summed E-state index contributed by atoms with van der Waals surface area (Å²) in [4.78, 5) is 0. The first-order valence-electron chi connectivity index (χ1n) is 5.92. The summed E-state index contributed by atoms with van der Waals surface area (Å²) < 4.78 is 42.0. The molecule has 0 atom stereocenters. The summed E-state index contributed by atoms with van der Waals surface area (Å²) in [5, 5.41) is 5.60. The Balaban J connectivity index is 2.06. The van der Waals surface area contributed by atoms with Crippen LogP contribution in [-0.2, 0) is 0 Å². The summed E-state index contributed by atoms with van der Waals surface area (Å²) in [6.45, 7) is -2.93. The fraction of sp³-hybridized carbons (Fsp3) is 0.0714. The van der Waals surface area contributed by atoms with Crippen molar-refractivity contribution >= 4 is 28.7 Å². The first kappa shape index (κ1) is 15.1. The van der Waals surface area contributed by atoms with Crippen molar-refractivity contribution in [1.82, 2.24) is 0 Å². The Labute approximate surface area is 124 Å². The monoisotopic (exact) mass is 312 g/mol. The number of benzene rings is 2. The molecular formula is C14H11F3N2OS. The van der Waals surface area contributed by atoms with Gasteiger partial charge >= 0.3 is 6.61 Å². The van der Waals surface area contributed by atoms with Crippen molar-refractivity contribution in [2.75, 3.05) is 10.6 Å². The normalized spacial score (nSPS) is 10.3. The largest absolute Gasteiger partial charge is 0.433 e. The van der Waals surface area contributed by atoms with Crippen molar-refractivity contribution in [2.24, 2.45) is 0 Å². The van der Waals surface area contributed by atoms with Gasteiger partial charge in [-0.15, -0.1) is 0 Å². The highest BCUT2D eigenvalue weighted by Crippen LogP contribution is 2.25. The number of alkyl halides is 2. The maximum Gasteiger partial charge on any atom is 0.387 e. The number of anilines is 2. The van der Waals surface area contributed by atoms with Gasteiger partial charge in [0.1, 0.15) is 11.6 Å². The topological polar surface area (TPSA) is 33.3 Å². The minimum absolute atomic E-state index is 0.0316. The van der Waals surface area contributed by atoms with Gasteiger partial charge in [-0.3, -0.25) is 0 Å². The van der Waals surface area contributed by atoms with Gasteiger partial charge in [0.15, 0.2) is 5.11 Å². The maximum atomic E-state index is 13.0. The van der Waals surface area contributed by atoms with E-state index in [1.54, 1.807) is 18.2 Å². The zero-order valence-corrected chi connectivity index (χ0v) is 11.5. The van der Waals surface area contributed by atoms with Crippen LogP contribution >= 0.6 is 12.2 Å². The standard InChI is InChI=1S/C14H11F3N2OS/c15-9-4-3-5-10(8-9)18-14(21)19-11-6-1-2-7-12(11)20-13(16)17/h1-8,13H,(H2,18,19,21). The quantitative estimate of drug-likeness (QED) is 0.828. The molecule has 0 saturated heterocycles. The number of hydrogen-bond acceptors (Lipinski definition) is 2. The van der Waals surface area contributed by atoms with Gasteiger partial charge in [-0.2, -0.15) is 8.78 Å². The second-order valence-electron chi connectivity index (χ2n) is 3.96. The molecule has 21 heavy (non-hydrogen) atoms. The van der Waals surface area contributed by atoms with Gasteiger partial charge in [-0.1, -0.05) is 18.2 Å². The molecule has 0 saturated carbocycles. The highest BCUT2D eigenvalue weighted by Gasteiger charge is 2.10. The van der Waals surface area contributed by atoms with Gasteiger partial charge in [0.2, 0.25) is 0 Å². The van der Waals surface area contributed by atoms with Crippen molar-refractivity contribution in [2.45, 2.75) is 6.61 Å². The van der Waals surface area contributed by atoms with Crippen LogP contribution in [0.2, 0.25) is 0 Å². The average Bonchev–Trinajstić information content (AvgIpc) is 2.40. The molecule has 2 N–H and O–H groups in total. The van der Waals surface area contributed by atoms with Crippen LogP contribution in [0.15, 0.2) is 48.5 Å². The summed E-state index contributed by atoms with van der Waals surface area (Å²) in [5.41, 5.74) is 0.728. The Morgan fingerprint density at radius 3 is 2.52 bits per heavy atom. The highest BCUT2D eigenvalue weighted by atomic mass is 32.1. The highest BCUT2D eigenvalue weighted by molar-refractivity contribution is 7.80. The predicted octanol–water partition coefficient (Wildman–Crippen LogP) is 4.24. The summed E-state index contributed by atoms with van der Waals surface area (Å²) in [7, 11) is 0. The summed E-state index contributed by atoms with van der Waals surface area (Å²) in [5.74, 6) is -0.444. The Bertz CT molecular complexity index is 637. The molecule has 2 aromatic carbocycles. The molecule has 0 amide bonds. The molecule has 3 nitrogen and oxygen atoms in total. The molecule has 0 bridgehead atoms. The predicted molar refractivity (Wildman–Crippen MR) is 79.3 cm³/mol. The van der Waals surface area contributed by atoms with Crippen molar-refractivity contribution in [3.63, 3.8) is 0 Å². The minimum atomic E-state index is -2.93. The van der Waals surface area contributed by atoms with Gasteiger partial charge in [0.05, 0.1) is 5.69 Å². The number of thiocarbonyl (C=S) groups is 1. The maximum absolute atomic E-state index is 13.0. The number of nitrogens with one attached hydrogen (secondary N) is 2. The Morgan fingerprint density at radius 1 is 1.05 bits per heavy atom. The third-order valence-corrected chi connectivity index (χ3v) is 2.64. The van der Waals surface area contributed by atoms with Crippen LogP contribution in [0.4, 0.5) is 24.5 Å². The second-order valence-corrected chi connectivity index (χ2v) is 4.37. The lowest BCUT2D eigenvalue weighted by molar-refractivity contribution is -0.0493. The number of ether oxygens (including phenoxy) is 1. The van der Waals surface area contributed by atoms with Gasteiger partial charge in [-0.05, 0) is 42.5 Å². The van der Waals surface area contributed by atoms with E-state index in [0.29, 0.717) is 5.69 Å². The zero-order chi connectivity index (χ0) is 15.2. The molecule has 7 heteroatoms. The molecule has 110 valence electrons. The van der Waals surface area contributed by atoms with Crippen molar-refractivity contribution in [1.29, 1.82) is 0 Å². The van der Waals surface area contributed by atoms with Crippen LogP contribution in [0.1, 0.15) is 0 Å². The molecular weight excluding hydrogens is 301 g/mol. The molecule has 0 aliphatic rings. The molecule has 0 fully saturated rings. The molecule has 0 spiro atoms. The Morgan fingerprint density at radius 2 is 1.81 bits per heavy atom. The average molecular weight is 312 g/mol. The summed E-state index contributed by atoms with van der Waals surface area (Å²) in [6.07, 6.45) is 0. The van der Waals surface area contributed by atoms with E-state index in [9.17, 15) is 13.2 Å². The molecule has 0 aliphatic carbocycles. The van der Waals surface area contributed by atoms with Crippen LogP contribution in [0.25, 0.3) is 0 Å². The van der Waals surface area contributed by atoms with Crippen molar-refractivity contribution in [3.8, 4) is 5.75 Å². The van der Waals surface area contributed by atoms with E-state index in [0.717, 1.165) is 0 Å². The van der Waals surface area contributed by atoms with Crippen LogP contribution < -0.4 is 15.4 Å². The van der Waals surface area contributed by atoms with E-state index < -0.39 is 12.4 Å². The lowest BCUT2D eigenvalue weighted by Crippen LogP contribution is -2.20. The van der Waals surface area contributed by atoms with E-state index in [4.69, 9.17) is 12.2 Å². The first-order chi connectivity index (χ1) is 10.0. The molecule has 2 rings (SSSR count). The van der Waals surface area contributed by atoms with Crippen LogP contribution in [0.3, 0.4) is 0 Å². The number of hydrogen-bond donors (Lipinski definition) is 2. The van der Waals surface area contributed by atoms with Gasteiger partial charge in [-0.25, -0.2) is 4.39 Å². The third-order valence-electron chi connectivity index (χ3n) is 2.43. The van der Waals surface area contributed by atoms with Gasteiger partial charge in [0.25, 0.3) is 0 Å². The minimum Gasteiger partial charge on any atom is -0.433 e. The van der Waals surface area contributed by atoms with Gasteiger partial charge < -0.3 is 15.4 Å². The molecule has 0 unspecified atom stereocenters. The van der Waals surface area contributed by atoms with Crippen molar-refractivity contribution in [3.05, 3.63) is 54.3 Å². The lowest BCUT2D eigenvalue weighted by Gasteiger charge is -2.14. The Hall–Kier alpha value is -2.28. The lowest BCUT2D eigenvalue weighted by atomic mass is 10.3. The number of para-hydroxylation sites is 2. The number of halogens is 3. The fourth-order valence-electron chi connectivity index (χ4n) is 1.62. The SMILES string of the molecule is Fc1cccc(NC(=S)Nc2ccccc2OC(F)F)c1. The smallest absolute Gasteiger partial charge is 0.387 e.